The summed E-state index contributed by atoms with van der Waals surface area (Å²) in [7, 11) is -0.961. The molecule has 1 amide bonds. The van der Waals surface area contributed by atoms with Crippen molar-refractivity contribution in [3.8, 4) is 11.5 Å². The van der Waals surface area contributed by atoms with Crippen molar-refractivity contribution in [2.45, 2.75) is 38.1 Å². The molecule has 0 heterocycles. The number of carbonyl (C=O) groups is 1. The summed E-state index contributed by atoms with van der Waals surface area (Å²) in [5.41, 5.74) is 0. The predicted octanol–water partition coefficient (Wildman–Crippen LogP) is 1.53. The average molecular weight is 358 g/mol. The molecular weight excluding hydrogens is 332 g/mol. The molecule has 0 aliphatic carbocycles. The van der Waals surface area contributed by atoms with E-state index in [2.05, 4.69) is 23.9 Å². The second-order valence-electron chi connectivity index (χ2n) is 5.83. The highest BCUT2D eigenvalue weighted by Crippen LogP contribution is 2.29. The maximum absolute atomic E-state index is 12.4. The van der Waals surface area contributed by atoms with Gasteiger partial charge in [0.05, 0.1) is 25.2 Å². The molecule has 0 unspecified atom stereocenters. The van der Waals surface area contributed by atoms with Crippen molar-refractivity contribution in [2.24, 2.45) is 5.92 Å². The summed E-state index contributed by atoms with van der Waals surface area (Å²) in [6.45, 7) is 6.12. The smallest absolute Gasteiger partial charge is 0.241 e. The molecule has 0 saturated heterocycles. The quantitative estimate of drug-likeness (QED) is 0.698. The largest absolute Gasteiger partial charge is 0.493 e. The Morgan fingerprint density at radius 3 is 2.29 bits per heavy atom. The minimum atomic E-state index is -3.85. The van der Waals surface area contributed by atoms with Crippen LogP contribution in [-0.4, -0.2) is 41.1 Å². The van der Waals surface area contributed by atoms with Crippen LogP contribution in [0.4, 0.5) is 0 Å². The third-order valence-electron chi connectivity index (χ3n) is 3.41. The predicted molar refractivity (Wildman–Crippen MR) is 91.8 cm³/mol. The van der Waals surface area contributed by atoms with Gasteiger partial charge in [0.25, 0.3) is 0 Å². The summed E-state index contributed by atoms with van der Waals surface area (Å²) in [6.07, 6.45) is 0.834. The lowest BCUT2D eigenvalue weighted by Gasteiger charge is -2.16. The third kappa shape index (κ3) is 5.68. The van der Waals surface area contributed by atoms with Gasteiger partial charge in [-0.2, -0.15) is 4.72 Å². The van der Waals surface area contributed by atoms with Crippen LogP contribution >= 0.6 is 0 Å². The lowest BCUT2D eigenvalue weighted by atomic mass is 10.1. The van der Waals surface area contributed by atoms with Crippen LogP contribution in [0.3, 0.4) is 0 Å². The summed E-state index contributed by atoms with van der Waals surface area (Å²) in [5, 5.41) is 2.72. The highest BCUT2D eigenvalue weighted by Gasteiger charge is 2.23. The van der Waals surface area contributed by atoms with Crippen LogP contribution in [0.2, 0.25) is 0 Å². The average Bonchev–Trinajstić information content (AvgIpc) is 2.53. The fraction of sp³-hybridized carbons (Fsp3) is 0.562. The van der Waals surface area contributed by atoms with E-state index in [0.29, 0.717) is 24.0 Å². The molecule has 0 aromatic heterocycles. The van der Waals surface area contributed by atoms with Crippen LogP contribution in [0.25, 0.3) is 0 Å². The van der Waals surface area contributed by atoms with Gasteiger partial charge in [-0.05, 0) is 31.4 Å². The zero-order chi connectivity index (χ0) is 18.3. The maximum Gasteiger partial charge on any atom is 0.241 e. The first-order chi connectivity index (χ1) is 11.2. The van der Waals surface area contributed by atoms with Gasteiger partial charge in [-0.25, -0.2) is 8.42 Å². The second kappa shape index (κ2) is 8.89. The summed E-state index contributed by atoms with van der Waals surface area (Å²) in [5.74, 6) is 0.828. The number of amides is 1. The van der Waals surface area contributed by atoms with E-state index in [9.17, 15) is 13.2 Å². The molecule has 1 atom stereocenters. The van der Waals surface area contributed by atoms with E-state index in [0.717, 1.165) is 6.42 Å². The van der Waals surface area contributed by atoms with Crippen molar-refractivity contribution in [1.29, 1.82) is 0 Å². The Balaban J connectivity index is 2.80. The van der Waals surface area contributed by atoms with Crippen LogP contribution in [0.1, 0.15) is 27.2 Å². The van der Waals surface area contributed by atoms with Gasteiger partial charge in [0.15, 0.2) is 11.5 Å². The molecule has 0 saturated carbocycles. The van der Waals surface area contributed by atoms with E-state index in [1.54, 1.807) is 0 Å². The molecule has 1 aromatic carbocycles. The van der Waals surface area contributed by atoms with E-state index in [-0.39, 0.29) is 10.8 Å². The highest BCUT2D eigenvalue weighted by molar-refractivity contribution is 7.89. The van der Waals surface area contributed by atoms with Crippen LogP contribution in [0.15, 0.2) is 23.1 Å². The molecule has 0 aliphatic heterocycles. The molecule has 1 aromatic rings. The fourth-order valence-electron chi connectivity index (χ4n) is 1.98. The molecule has 24 heavy (non-hydrogen) atoms. The molecule has 2 N–H and O–H groups in total. The molecule has 0 radical (unpaired) electrons. The van der Waals surface area contributed by atoms with Gasteiger partial charge in [-0.1, -0.05) is 13.8 Å². The first-order valence-corrected chi connectivity index (χ1v) is 9.21. The molecule has 136 valence electrons. The third-order valence-corrected chi connectivity index (χ3v) is 4.95. The number of ether oxygens (including phenoxy) is 2. The van der Waals surface area contributed by atoms with E-state index in [4.69, 9.17) is 9.47 Å². The van der Waals surface area contributed by atoms with E-state index in [1.165, 1.54) is 39.3 Å². The van der Waals surface area contributed by atoms with Crippen molar-refractivity contribution in [3.63, 3.8) is 0 Å². The normalized spacial score (nSPS) is 12.8. The molecule has 0 aliphatic rings. The van der Waals surface area contributed by atoms with Crippen LogP contribution in [0, 0.1) is 5.92 Å². The fourth-order valence-corrected chi connectivity index (χ4v) is 3.19. The van der Waals surface area contributed by atoms with Crippen molar-refractivity contribution < 1.29 is 22.7 Å². The summed E-state index contributed by atoms with van der Waals surface area (Å²) in [6, 6.07) is 3.37. The first kappa shape index (κ1) is 20.2. The van der Waals surface area contributed by atoms with Crippen LogP contribution in [0.5, 0.6) is 11.5 Å². The molecule has 1 rings (SSSR count). The van der Waals surface area contributed by atoms with E-state index in [1.807, 2.05) is 0 Å². The van der Waals surface area contributed by atoms with Crippen molar-refractivity contribution in [2.75, 3.05) is 20.8 Å². The molecule has 0 spiro atoms. The summed E-state index contributed by atoms with van der Waals surface area (Å²) in [4.78, 5) is 12.0. The number of rotatable bonds is 9. The lowest BCUT2D eigenvalue weighted by molar-refractivity contribution is -0.122. The maximum atomic E-state index is 12.4. The van der Waals surface area contributed by atoms with Crippen molar-refractivity contribution >= 4 is 15.9 Å². The Morgan fingerprint density at radius 2 is 1.75 bits per heavy atom. The Kier molecular flexibility index (Phi) is 7.50. The van der Waals surface area contributed by atoms with Gasteiger partial charge < -0.3 is 14.8 Å². The monoisotopic (exact) mass is 358 g/mol. The molecule has 0 bridgehead atoms. The Morgan fingerprint density at radius 1 is 1.12 bits per heavy atom. The number of carbonyl (C=O) groups excluding carboxylic acids is 1. The zero-order valence-corrected chi connectivity index (χ0v) is 15.6. The number of nitrogens with one attached hydrogen (secondary N) is 2. The second-order valence-corrected chi connectivity index (χ2v) is 7.55. The molecule has 8 heteroatoms. The minimum Gasteiger partial charge on any atom is -0.493 e. The molecule has 0 fully saturated rings. The topological polar surface area (TPSA) is 93.7 Å². The Bertz CT molecular complexity index is 658. The highest BCUT2D eigenvalue weighted by atomic mass is 32.2. The van der Waals surface area contributed by atoms with Crippen molar-refractivity contribution in [1.82, 2.24) is 10.0 Å². The SMILES string of the molecule is COc1ccc(S(=O)(=O)N[C@H](C)C(=O)NCCC(C)C)cc1OC. The number of hydrogen-bond donors (Lipinski definition) is 2. The van der Waals surface area contributed by atoms with Gasteiger partial charge in [0.2, 0.25) is 15.9 Å². The molecular formula is C16H26N2O5S. The Hall–Kier alpha value is -1.80. The number of benzene rings is 1. The zero-order valence-electron chi connectivity index (χ0n) is 14.8. The Labute approximate surface area is 143 Å². The number of sulfonamides is 1. The van der Waals surface area contributed by atoms with Gasteiger partial charge in [-0.15, -0.1) is 0 Å². The van der Waals surface area contributed by atoms with Gasteiger partial charge in [0, 0.05) is 12.6 Å². The van der Waals surface area contributed by atoms with Gasteiger partial charge >= 0.3 is 0 Å². The summed E-state index contributed by atoms with van der Waals surface area (Å²) >= 11 is 0. The van der Waals surface area contributed by atoms with Crippen LogP contribution < -0.4 is 19.5 Å². The van der Waals surface area contributed by atoms with E-state index >= 15 is 0 Å². The first-order valence-electron chi connectivity index (χ1n) is 7.73. The van der Waals surface area contributed by atoms with Gasteiger partial charge in [-0.3, -0.25) is 4.79 Å². The van der Waals surface area contributed by atoms with Crippen LogP contribution in [-0.2, 0) is 14.8 Å². The van der Waals surface area contributed by atoms with Gasteiger partial charge in [0.1, 0.15) is 0 Å². The summed E-state index contributed by atoms with van der Waals surface area (Å²) < 4.78 is 37.4. The minimum absolute atomic E-state index is 0.00183. The number of hydrogen-bond acceptors (Lipinski definition) is 5. The lowest BCUT2D eigenvalue weighted by Crippen LogP contribution is -2.45. The standard InChI is InChI=1S/C16H26N2O5S/c1-11(2)8-9-17-16(19)12(3)18-24(20,21)13-6-7-14(22-4)15(10-13)23-5/h6-7,10-12,18H,8-9H2,1-5H3,(H,17,19)/t12-/m1/s1. The van der Waals surface area contributed by atoms with E-state index < -0.39 is 16.1 Å². The molecule has 7 nitrogen and oxygen atoms in total. The van der Waals surface area contributed by atoms with Crippen molar-refractivity contribution in [3.05, 3.63) is 18.2 Å². The number of methoxy groups -OCH3 is 2.